The van der Waals surface area contributed by atoms with Gasteiger partial charge in [0.1, 0.15) is 12.4 Å². The van der Waals surface area contributed by atoms with Gasteiger partial charge in [-0.2, -0.15) is 0 Å². The lowest BCUT2D eigenvalue weighted by molar-refractivity contribution is 0.144. The highest BCUT2D eigenvalue weighted by Crippen LogP contribution is 2.34. The topological polar surface area (TPSA) is 39.7 Å². The van der Waals surface area contributed by atoms with Crippen molar-refractivity contribution in [2.45, 2.75) is 33.4 Å². The lowest BCUT2D eigenvalue weighted by atomic mass is 10.2. The second kappa shape index (κ2) is 11.8. The van der Waals surface area contributed by atoms with E-state index in [4.69, 9.17) is 25.8 Å². The molecule has 148 valence electrons. The zero-order chi connectivity index (χ0) is 19.5. The average molecular weight is 396 g/mol. The van der Waals surface area contributed by atoms with Gasteiger partial charge >= 0.3 is 0 Å². The summed E-state index contributed by atoms with van der Waals surface area (Å²) in [7, 11) is 0. The van der Waals surface area contributed by atoms with E-state index >= 15 is 0 Å². The first-order valence-corrected chi connectivity index (χ1v) is 9.62. The van der Waals surface area contributed by atoms with Crippen molar-refractivity contribution in [3.8, 4) is 11.5 Å². The molecular formula is C21H27ClFNO3. The van der Waals surface area contributed by atoms with Crippen molar-refractivity contribution in [3.05, 3.63) is 58.4 Å². The van der Waals surface area contributed by atoms with E-state index in [-0.39, 0.29) is 5.82 Å². The van der Waals surface area contributed by atoms with Crippen LogP contribution in [-0.4, -0.2) is 26.4 Å². The van der Waals surface area contributed by atoms with Crippen molar-refractivity contribution in [3.63, 3.8) is 0 Å². The highest BCUT2D eigenvalue weighted by atomic mass is 35.5. The quantitative estimate of drug-likeness (QED) is 0.515. The van der Waals surface area contributed by atoms with Gasteiger partial charge in [0, 0.05) is 30.8 Å². The van der Waals surface area contributed by atoms with Crippen LogP contribution in [0, 0.1) is 5.82 Å². The summed E-state index contributed by atoms with van der Waals surface area (Å²) in [6, 6.07) is 9.88. The van der Waals surface area contributed by atoms with Crippen molar-refractivity contribution in [2.24, 2.45) is 0 Å². The molecule has 6 heteroatoms. The number of benzene rings is 2. The fourth-order valence-corrected chi connectivity index (χ4v) is 2.72. The molecule has 0 aliphatic rings. The molecule has 0 atom stereocenters. The molecule has 27 heavy (non-hydrogen) atoms. The average Bonchev–Trinajstić information content (AvgIpc) is 2.67. The van der Waals surface area contributed by atoms with Crippen LogP contribution in [0.1, 0.15) is 31.4 Å². The van der Waals surface area contributed by atoms with E-state index in [1.54, 1.807) is 18.2 Å². The van der Waals surface area contributed by atoms with E-state index in [0.717, 1.165) is 37.3 Å². The smallest absolute Gasteiger partial charge is 0.163 e. The summed E-state index contributed by atoms with van der Waals surface area (Å²) >= 11 is 6.42. The first-order valence-electron chi connectivity index (χ1n) is 9.25. The molecule has 0 radical (unpaired) electrons. The Labute approximate surface area is 165 Å². The normalized spacial score (nSPS) is 10.8. The van der Waals surface area contributed by atoms with Crippen LogP contribution >= 0.6 is 11.6 Å². The number of rotatable bonds is 12. The summed E-state index contributed by atoms with van der Waals surface area (Å²) in [5, 5.41) is 3.97. The van der Waals surface area contributed by atoms with E-state index in [2.05, 4.69) is 5.32 Å². The van der Waals surface area contributed by atoms with Gasteiger partial charge in [-0.05, 0) is 56.1 Å². The molecule has 2 aromatic rings. The molecule has 0 unspecified atom stereocenters. The summed E-state index contributed by atoms with van der Waals surface area (Å²) in [5.74, 6) is 0.955. The van der Waals surface area contributed by atoms with Crippen LogP contribution in [-0.2, 0) is 17.9 Å². The lowest BCUT2D eigenvalue weighted by Gasteiger charge is -2.15. The Kier molecular flexibility index (Phi) is 9.39. The number of ether oxygens (including phenoxy) is 3. The molecular weight excluding hydrogens is 369 g/mol. The maximum absolute atomic E-state index is 13.0. The molecule has 0 aliphatic carbocycles. The van der Waals surface area contributed by atoms with Gasteiger partial charge in [-0.1, -0.05) is 23.7 Å². The highest BCUT2D eigenvalue weighted by molar-refractivity contribution is 6.31. The SMILES string of the molecule is CCOCCCNCc1cc(OCC)c(OCc2ccc(F)cc2)cc1Cl. The number of hydrogen-bond donors (Lipinski definition) is 1. The molecule has 0 fully saturated rings. The minimum atomic E-state index is -0.269. The van der Waals surface area contributed by atoms with Crippen LogP contribution in [0.25, 0.3) is 0 Å². The standard InChI is InChI=1S/C21H27ClFNO3/c1-3-25-11-5-10-24-14-17-12-20(26-4-2)21(13-19(17)22)27-15-16-6-8-18(23)9-7-16/h6-9,12-13,24H,3-5,10-11,14-15H2,1-2H3. The van der Waals surface area contributed by atoms with Gasteiger partial charge in [0.15, 0.2) is 11.5 Å². The molecule has 0 spiro atoms. The van der Waals surface area contributed by atoms with Gasteiger partial charge in [-0.25, -0.2) is 4.39 Å². The third-order valence-corrected chi connectivity index (χ3v) is 4.23. The van der Waals surface area contributed by atoms with Crippen LogP contribution < -0.4 is 14.8 Å². The predicted molar refractivity (Wildman–Crippen MR) is 106 cm³/mol. The number of halogens is 2. The Balaban J connectivity index is 1.98. The zero-order valence-electron chi connectivity index (χ0n) is 15.9. The van der Waals surface area contributed by atoms with E-state index in [1.807, 2.05) is 19.9 Å². The molecule has 1 N–H and O–H groups in total. The van der Waals surface area contributed by atoms with Gasteiger partial charge < -0.3 is 19.5 Å². The maximum atomic E-state index is 13.0. The summed E-state index contributed by atoms with van der Waals surface area (Å²) in [4.78, 5) is 0. The first-order chi connectivity index (χ1) is 13.1. The van der Waals surface area contributed by atoms with Gasteiger partial charge in [0.05, 0.1) is 6.61 Å². The molecule has 4 nitrogen and oxygen atoms in total. The largest absolute Gasteiger partial charge is 0.490 e. The molecule has 0 heterocycles. The summed E-state index contributed by atoms with van der Waals surface area (Å²) in [5.41, 5.74) is 1.82. The molecule has 0 amide bonds. The van der Waals surface area contributed by atoms with E-state index < -0.39 is 0 Å². The second-order valence-corrected chi connectivity index (χ2v) is 6.37. The summed E-state index contributed by atoms with van der Waals surface area (Å²) < 4.78 is 29.9. The summed E-state index contributed by atoms with van der Waals surface area (Å²) in [6.45, 7) is 7.72. The zero-order valence-corrected chi connectivity index (χ0v) is 16.7. The molecule has 0 aromatic heterocycles. The van der Waals surface area contributed by atoms with Crippen molar-refractivity contribution in [1.82, 2.24) is 5.32 Å². The van der Waals surface area contributed by atoms with Gasteiger partial charge in [-0.3, -0.25) is 0 Å². The number of hydrogen-bond acceptors (Lipinski definition) is 4. The van der Waals surface area contributed by atoms with E-state index in [0.29, 0.717) is 36.3 Å². The van der Waals surface area contributed by atoms with Gasteiger partial charge in [0.2, 0.25) is 0 Å². The molecule has 2 rings (SSSR count). The van der Waals surface area contributed by atoms with Crippen LogP contribution in [0.15, 0.2) is 36.4 Å². The van der Waals surface area contributed by atoms with Crippen molar-refractivity contribution >= 4 is 11.6 Å². The number of nitrogens with one attached hydrogen (secondary N) is 1. The Bertz CT molecular complexity index is 695. The molecule has 0 saturated carbocycles. The third kappa shape index (κ3) is 7.37. The van der Waals surface area contributed by atoms with Gasteiger partial charge in [0.25, 0.3) is 0 Å². The Morgan fingerprint density at radius 1 is 1.00 bits per heavy atom. The van der Waals surface area contributed by atoms with Gasteiger partial charge in [-0.15, -0.1) is 0 Å². The van der Waals surface area contributed by atoms with Crippen LogP contribution in [0.3, 0.4) is 0 Å². The lowest BCUT2D eigenvalue weighted by Crippen LogP contribution is -2.16. The fraction of sp³-hybridized carbons (Fsp3) is 0.429. The minimum absolute atomic E-state index is 0.269. The maximum Gasteiger partial charge on any atom is 0.163 e. The second-order valence-electron chi connectivity index (χ2n) is 5.97. The minimum Gasteiger partial charge on any atom is -0.490 e. The van der Waals surface area contributed by atoms with Crippen LogP contribution in [0.5, 0.6) is 11.5 Å². The Morgan fingerprint density at radius 2 is 1.74 bits per heavy atom. The molecule has 2 aromatic carbocycles. The Hall–Kier alpha value is -1.82. The van der Waals surface area contributed by atoms with Crippen molar-refractivity contribution in [2.75, 3.05) is 26.4 Å². The summed E-state index contributed by atoms with van der Waals surface area (Å²) in [6.07, 6.45) is 0.947. The Morgan fingerprint density at radius 3 is 2.44 bits per heavy atom. The van der Waals surface area contributed by atoms with Crippen molar-refractivity contribution < 1.29 is 18.6 Å². The van der Waals surface area contributed by atoms with Crippen LogP contribution in [0.4, 0.5) is 4.39 Å². The third-order valence-electron chi connectivity index (χ3n) is 3.88. The van der Waals surface area contributed by atoms with Crippen molar-refractivity contribution in [1.29, 1.82) is 0 Å². The first kappa shape index (κ1) is 21.5. The fourth-order valence-electron chi connectivity index (χ4n) is 2.50. The predicted octanol–water partition coefficient (Wildman–Crippen LogP) is 4.97. The van der Waals surface area contributed by atoms with E-state index in [9.17, 15) is 4.39 Å². The molecule has 0 saturated heterocycles. The van der Waals surface area contributed by atoms with E-state index in [1.165, 1.54) is 12.1 Å². The van der Waals surface area contributed by atoms with Crippen LogP contribution in [0.2, 0.25) is 5.02 Å². The monoisotopic (exact) mass is 395 g/mol. The molecule has 0 aliphatic heterocycles. The highest BCUT2D eigenvalue weighted by Gasteiger charge is 2.11. The molecule has 0 bridgehead atoms.